The number of allylic oxidation sites excluding steroid dienone is 1. The first-order valence-electron chi connectivity index (χ1n) is 8.15. The van der Waals surface area contributed by atoms with Crippen LogP contribution in [0.1, 0.15) is 25.7 Å². The van der Waals surface area contributed by atoms with Gasteiger partial charge in [-0.1, -0.05) is 6.07 Å². The van der Waals surface area contributed by atoms with E-state index in [1.54, 1.807) is 7.11 Å². The minimum absolute atomic E-state index is 0.256. The van der Waals surface area contributed by atoms with E-state index in [2.05, 4.69) is 5.32 Å². The normalized spacial score (nSPS) is 16.0. The van der Waals surface area contributed by atoms with Gasteiger partial charge in [0.25, 0.3) is 0 Å². The third-order valence-corrected chi connectivity index (χ3v) is 4.00. The van der Waals surface area contributed by atoms with E-state index in [9.17, 15) is 4.79 Å². The summed E-state index contributed by atoms with van der Waals surface area (Å²) in [6.45, 7) is 0. The van der Waals surface area contributed by atoms with Gasteiger partial charge in [0.15, 0.2) is 5.78 Å². The molecule has 2 aromatic rings. The molecule has 1 aliphatic carbocycles. The molecule has 124 valence electrons. The minimum Gasteiger partial charge on any atom is -0.497 e. The van der Waals surface area contributed by atoms with Gasteiger partial charge < -0.3 is 14.8 Å². The lowest BCUT2D eigenvalue weighted by Crippen LogP contribution is -2.09. The maximum absolute atomic E-state index is 11.8. The average Bonchev–Trinajstić information content (AvgIpc) is 2.62. The third kappa shape index (κ3) is 4.16. The molecule has 4 nitrogen and oxygen atoms in total. The molecule has 2 aromatic carbocycles. The average molecular weight is 323 g/mol. The Bertz CT molecular complexity index is 735. The number of Topliss-reactive ketones (excluding diaryl/α,β-unsaturated/α-hetero) is 1. The minimum atomic E-state index is 0.256. The van der Waals surface area contributed by atoms with E-state index < -0.39 is 0 Å². The number of benzene rings is 2. The van der Waals surface area contributed by atoms with Gasteiger partial charge in [0.05, 0.1) is 7.11 Å². The summed E-state index contributed by atoms with van der Waals surface area (Å²) in [4.78, 5) is 11.8. The molecule has 4 heteroatoms. The topological polar surface area (TPSA) is 47.6 Å². The van der Waals surface area contributed by atoms with Crippen LogP contribution in [0.25, 0.3) is 0 Å². The van der Waals surface area contributed by atoms with Crippen molar-refractivity contribution in [1.29, 1.82) is 0 Å². The van der Waals surface area contributed by atoms with Crippen LogP contribution in [0, 0.1) is 0 Å². The molecule has 0 amide bonds. The van der Waals surface area contributed by atoms with Gasteiger partial charge in [-0.15, -0.1) is 0 Å². The van der Waals surface area contributed by atoms with Crippen molar-refractivity contribution in [2.24, 2.45) is 0 Å². The van der Waals surface area contributed by atoms with Gasteiger partial charge in [-0.05, 0) is 55.7 Å². The third-order valence-electron chi connectivity index (χ3n) is 4.00. The molecule has 0 saturated heterocycles. The van der Waals surface area contributed by atoms with Crippen molar-refractivity contribution in [2.45, 2.75) is 25.7 Å². The fraction of sp³-hybridized carbons (Fsp3) is 0.250. The van der Waals surface area contributed by atoms with E-state index in [0.29, 0.717) is 6.42 Å². The van der Waals surface area contributed by atoms with Gasteiger partial charge >= 0.3 is 0 Å². The van der Waals surface area contributed by atoms with Crippen molar-refractivity contribution in [2.75, 3.05) is 12.4 Å². The van der Waals surface area contributed by atoms with Crippen LogP contribution in [0.15, 0.2) is 60.3 Å². The molecule has 1 N–H and O–H groups in total. The predicted molar refractivity (Wildman–Crippen MR) is 94.7 cm³/mol. The number of ether oxygens (including phenoxy) is 2. The van der Waals surface area contributed by atoms with Crippen molar-refractivity contribution >= 4 is 11.5 Å². The van der Waals surface area contributed by atoms with Crippen LogP contribution in [-0.4, -0.2) is 12.9 Å². The highest BCUT2D eigenvalue weighted by Crippen LogP contribution is 2.26. The lowest BCUT2D eigenvalue weighted by molar-refractivity contribution is -0.116. The summed E-state index contributed by atoms with van der Waals surface area (Å²) in [5.41, 5.74) is 1.82. The number of carbonyl (C=O) groups excluding carboxylic acids is 1. The fourth-order valence-corrected chi connectivity index (χ4v) is 2.64. The monoisotopic (exact) mass is 323 g/mol. The molecular formula is C20H21NO3. The smallest absolute Gasteiger partial charge is 0.160 e. The molecule has 0 radical (unpaired) electrons. The molecule has 0 aliphatic heterocycles. The highest BCUT2D eigenvalue weighted by Gasteiger charge is 2.14. The van der Waals surface area contributed by atoms with Crippen LogP contribution in [0.2, 0.25) is 0 Å². The van der Waals surface area contributed by atoms with Gasteiger partial charge in [-0.2, -0.15) is 0 Å². The Labute approximate surface area is 142 Å². The number of rotatable bonds is 5. The van der Waals surface area contributed by atoms with Crippen LogP contribution < -0.4 is 14.8 Å². The van der Waals surface area contributed by atoms with Crippen LogP contribution in [0.4, 0.5) is 5.69 Å². The van der Waals surface area contributed by atoms with Crippen molar-refractivity contribution in [1.82, 2.24) is 0 Å². The van der Waals surface area contributed by atoms with Gasteiger partial charge in [-0.3, -0.25) is 4.79 Å². The second kappa shape index (κ2) is 7.68. The Hall–Kier alpha value is -2.75. The summed E-state index contributed by atoms with van der Waals surface area (Å²) in [5, 5.41) is 3.20. The van der Waals surface area contributed by atoms with Crippen molar-refractivity contribution in [3.63, 3.8) is 0 Å². The number of carbonyl (C=O) groups is 1. The molecule has 1 saturated carbocycles. The van der Waals surface area contributed by atoms with Crippen LogP contribution in [0.3, 0.4) is 0 Å². The SMILES string of the molecule is COc1cccc(Oc2ccc(N/C=C3/CCCCC3=O)cc2)c1. The summed E-state index contributed by atoms with van der Waals surface area (Å²) < 4.78 is 11.0. The largest absolute Gasteiger partial charge is 0.497 e. The van der Waals surface area contributed by atoms with E-state index in [4.69, 9.17) is 9.47 Å². The molecule has 0 aromatic heterocycles. The quantitative estimate of drug-likeness (QED) is 0.793. The highest BCUT2D eigenvalue weighted by atomic mass is 16.5. The summed E-state index contributed by atoms with van der Waals surface area (Å²) >= 11 is 0. The second-order valence-electron chi connectivity index (χ2n) is 5.75. The zero-order valence-electron chi connectivity index (χ0n) is 13.7. The summed E-state index contributed by atoms with van der Waals surface area (Å²) in [5.74, 6) is 2.49. The molecule has 1 aliphatic rings. The maximum Gasteiger partial charge on any atom is 0.160 e. The molecule has 3 rings (SSSR count). The molecule has 0 heterocycles. The van der Waals surface area contributed by atoms with Gasteiger partial charge in [0.2, 0.25) is 0 Å². The second-order valence-corrected chi connectivity index (χ2v) is 5.75. The Morgan fingerprint density at radius 1 is 0.958 bits per heavy atom. The summed E-state index contributed by atoms with van der Waals surface area (Å²) in [6.07, 6.45) is 5.46. The van der Waals surface area contributed by atoms with Crippen molar-refractivity contribution in [3.8, 4) is 17.2 Å². The molecule has 0 bridgehead atoms. The number of hydrogen-bond donors (Lipinski definition) is 1. The molecular weight excluding hydrogens is 302 g/mol. The van der Waals surface area contributed by atoms with Gasteiger partial charge in [-0.25, -0.2) is 0 Å². The number of anilines is 1. The maximum atomic E-state index is 11.8. The van der Waals surface area contributed by atoms with E-state index in [1.165, 1.54) is 0 Å². The first kappa shape index (κ1) is 16.1. The lowest BCUT2D eigenvalue weighted by atomic mass is 9.94. The Kier molecular flexibility index (Phi) is 5.16. The lowest BCUT2D eigenvalue weighted by Gasteiger charge is -2.13. The van der Waals surface area contributed by atoms with Gasteiger partial charge in [0.1, 0.15) is 17.2 Å². The van der Waals surface area contributed by atoms with E-state index in [1.807, 2.05) is 54.7 Å². The summed E-state index contributed by atoms with van der Waals surface area (Å²) in [7, 11) is 1.63. The molecule has 0 spiro atoms. The number of ketones is 1. The predicted octanol–water partition coefficient (Wildman–Crippen LogP) is 4.93. The van der Waals surface area contributed by atoms with E-state index in [-0.39, 0.29) is 5.78 Å². The molecule has 0 unspecified atom stereocenters. The van der Waals surface area contributed by atoms with Crippen LogP contribution in [-0.2, 0) is 4.79 Å². The highest BCUT2D eigenvalue weighted by molar-refractivity contribution is 5.96. The zero-order valence-corrected chi connectivity index (χ0v) is 13.7. The Balaban J connectivity index is 1.62. The molecule has 24 heavy (non-hydrogen) atoms. The molecule has 0 atom stereocenters. The van der Waals surface area contributed by atoms with Crippen molar-refractivity contribution in [3.05, 3.63) is 60.3 Å². The zero-order chi connectivity index (χ0) is 16.8. The summed E-state index contributed by atoms with van der Waals surface area (Å²) in [6, 6.07) is 15.1. The fourth-order valence-electron chi connectivity index (χ4n) is 2.64. The number of nitrogens with one attached hydrogen (secondary N) is 1. The first-order valence-corrected chi connectivity index (χ1v) is 8.15. The number of hydrogen-bond acceptors (Lipinski definition) is 4. The number of methoxy groups -OCH3 is 1. The van der Waals surface area contributed by atoms with Crippen molar-refractivity contribution < 1.29 is 14.3 Å². The Morgan fingerprint density at radius 2 is 1.71 bits per heavy atom. The van der Waals surface area contributed by atoms with Crippen LogP contribution >= 0.6 is 0 Å². The first-order chi connectivity index (χ1) is 11.7. The van der Waals surface area contributed by atoms with Crippen LogP contribution in [0.5, 0.6) is 17.2 Å². The Morgan fingerprint density at radius 3 is 2.46 bits per heavy atom. The standard InChI is InChI=1S/C20H21NO3/c1-23-18-6-4-7-19(13-18)24-17-11-9-16(10-12-17)21-14-15-5-2-3-8-20(15)22/h4,6-7,9-14,21H,2-3,5,8H2,1H3/b15-14-. The van der Waals surface area contributed by atoms with Gasteiger partial charge in [0, 0.05) is 29.9 Å². The molecule has 1 fully saturated rings. The van der Waals surface area contributed by atoms with E-state index >= 15 is 0 Å². The van der Waals surface area contributed by atoms with E-state index in [0.717, 1.165) is 47.8 Å².